The molecule has 0 saturated carbocycles. The Bertz CT molecular complexity index is 608. The lowest BCUT2D eigenvalue weighted by Gasteiger charge is -2.19. The molecule has 2 aromatic rings. The monoisotopic (exact) mass is 278 g/mol. The fourth-order valence-electron chi connectivity index (χ4n) is 2.00. The molecule has 2 rings (SSSR count). The zero-order chi connectivity index (χ0) is 14.7. The van der Waals surface area contributed by atoms with Crippen molar-refractivity contribution in [3.63, 3.8) is 0 Å². The minimum Gasteiger partial charge on any atom is -0.451 e. The van der Waals surface area contributed by atoms with Crippen molar-refractivity contribution in [2.24, 2.45) is 0 Å². The van der Waals surface area contributed by atoms with Crippen LogP contribution in [0.2, 0.25) is 0 Å². The molecule has 0 fully saturated rings. The lowest BCUT2D eigenvalue weighted by Crippen LogP contribution is -2.36. The number of ether oxygens (including phenoxy) is 1. The number of rotatable bonds is 5. The van der Waals surface area contributed by atoms with Gasteiger partial charge in [0, 0.05) is 31.8 Å². The number of carbonyl (C=O) groups is 1. The lowest BCUT2D eigenvalue weighted by atomic mass is 10.2. The van der Waals surface area contributed by atoms with Crippen LogP contribution < -0.4 is 5.73 Å². The number of aliphatic hydroxyl groups excluding tert-OH is 1. The number of fused-ring (bicyclic) bond motifs is 1. The van der Waals surface area contributed by atoms with Crippen molar-refractivity contribution in [1.29, 1.82) is 0 Å². The molecular formula is C14H18N2O4. The Morgan fingerprint density at radius 1 is 1.50 bits per heavy atom. The maximum Gasteiger partial charge on any atom is 0.289 e. The van der Waals surface area contributed by atoms with Gasteiger partial charge in [0.25, 0.3) is 5.91 Å². The summed E-state index contributed by atoms with van der Waals surface area (Å²) < 4.78 is 10.3. The van der Waals surface area contributed by atoms with E-state index in [0.717, 1.165) is 5.39 Å². The van der Waals surface area contributed by atoms with E-state index in [9.17, 15) is 9.90 Å². The summed E-state index contributed by atoms with van der Waals surface area (Å²) in [5.41, 5.74) is 6.90. The van der Waals surface area contributed by atoms with Crippen LogP contribution in [0.25, 0.3) is 11.0 Å². The van der Waals surface area contributed by atoms with Crippen LogP contribution in [0, 0.1) is 0 Å². The molecule has 0 radical (unpaired) electrons. The molecule has 1 aromatic carbocycles. The van der Waals surface area contributed by atoms with Crippen molar-refractivity contribution >= 4 is 22.6 Å². The van der Waals surface area contributed by atoms with Gasteiger partial charge in [0.1, 0.15) is 5.58 Å². The quantitative estimate of drug-likeness (QED) is 0.799. The second-order valence-corrected chi connectivity index (χ2v) is 4.70. The number of benzene rings is 1. The third kappa shape index (κ3) is 3.09. The van der Waals surface area contributed by atoms with Gasteiger partial charge in [-0.15, -0.1) is 0 Å². The van der Waals surface area contributed by atoms with Gasteiger partial charge < -0.3 is 24.9 Å². The highest BCUT2D eigenvalue weighted by molar-refractivity contribution is 5.96. The van der Waals surface area contributed by atoms with Gasteiger partial charge in [0.05, 0.1) is 12.7 Å². The first kappa shape index (κ1) is 14.4. The predicted octanol–water partition coefficient (Wildman–Crippen LogP) is 1.09. The summed E-state index contributed by atoms with van der Waals surface area (Å²) in [5.74, 6) is -0.0763. The van der Waals surface area contributed by atoms with E-state index in [1.54, 1.807) is 31.3 Å². The highest BCUT2D eigenvalue weighted by Gasteiger charge is 2.19. The maximum absolute atomic E-state index is 12.2. The summed E-state index contributed by atoms with van der Waals surface area (Å²) in [7, 11) is 3.09. The molecule has 3 N–H and O–H groups in total. The number of nitrogens with zero attached hydrogens (tertiary/aromatic N) is 1. The van der Waals surface area contributed by atoms with Crippen LogP contribution in [0.4, 0.5) is 5.69 Å². The maximum atomic E-state index is 12.2. The lowest BCUT2D eigenvalue weighted by molar-refractivity contribution is 0.0368. The average molecular weight is 278 g/mol. The van der Waals surface area contributed by atoms with Gasteiger partial charge in [-0.3, -0.25) is 4.79 Å². The van der Waals surface area contributed by atoms with Crippen molar-refractivity contribution in [2.75, 3.05) is 33.0 Å². The largest absolute Gasteiger partial charge is 0.451 e. The molecule has 0 aliphatic carbocycles. The summed E-state index contributed by atoms with van der Waals surface area (Å²) in [4.78, 5) is 13.6. The van der Waals surface area contributed by atoms with E-state index in [1.807, 2.05) is 0 Å². The molecule has 0 aliphatic rings. The topological polar surface area (TPSA) is 88.9 Å². The number of amides is 1. The molecule has 0 aliphatic heterocycles. The number of likely N-dealkylation sites (N-methyl/N-ethyl adjacent to an activating group) is 1. The Kier molecular flexibility index (Phi) is 4.26. The average Bonchev–Trinajstić information content (AvgIpc) is 2.80. The number of methoxy groups -OCH3 is 1. The zero-order valence-electron chi connectivity index (χ0n) is 11.5. The number of anilines is 1. The van der Waals surface area contributed by atoms with Crippen LogP contribution in [-0.4, -0.2) is 49.3 Å². The van der Waals surface area contributed by atoms with E-state index in [-0.39, 0.29) is 24.8 Å². The Morgan fingerprint density at radius 3 is 2.95 bits per heavy atom. The number of carbonyl (C=O) groups excluding carboxylic acids is 1. The molecule has 0 spiro atoms. The first-order chi connectivity index (χ1) is 9.51. The second kappa shape index (κ2) is 5.94. The highest BCUT2D eigenvalue weighted by Crippen LogP contribution is 2.22. The van der Waals surface area contributed by atoms with Crippen molar-refractivity contribution in [3.05, 3.63) is 30.0 Å². The molecule has 1 heterocycles. The molecule has 6 heteroatoms. The van der Waals surface area contributed by atoms with Gasteiger partial charge in [0.2, 0.25) is 0 Å². The van der Waals surface area contributed by atoms with Crippen LogP contribution in [0.5, 0.6) is 0 Å². The van der Waals surface area contributed by atoms with Gasteiger partial charge in [-0.1, -0.05) is 0 Å². The van der Waals surface area contributed by atoms with E-state index >= 15 is 0 Å². The third-order valence-corrected chi connectivity index (χ3v) is 2.94. The smallest absolute Gasteiger partial charge is 0.289 e. The van der Waals surface area contributed by atoms with Crippen LogP contribution in [0.1, 0.15) is 10.6 Å². The van der Waals surface area contributed by atoms with E-state index in [1.165, 1.54) is 12.0 Å². The first-order valence-electron chi connectivity index (χ1n) is 6.23. The summed E-state index contributed by atoms with van der Waals surface area (Å²) in [6.45, 7) is 0.347. The molecule has 1 aromatic heterocycles. The van der Waals surface area contributed by atoms with Gasteiger partial charge in [-0.05, 0) is 24.3 Å². The molecule has 0 bridgehead atoms. The fourth-order valence-corrected chi connectivity index (χ4v) is 2.00. The van der Waals surface area contributed by atoms with Crippen molar-refractivity contribution in [1.82, 2.24) is 4.90 Å². The number of aliphatic hydroxyl groups is 1. The number of furan rings is 1. The van der Waals surface area contributed by atoms with Gasteiger partial charge in [-0.25, -0.2) is 0 Å². The van der Waals surface area contributed by atoms with Gasteiger partial charge in [0.15, 0.2) is 5.76 Å². The minimum atomic E-state index is -0.728. The predicted molar refractivity (Wildman–Crippen MR) is 75.5 cm³/mol. The summed E-state index contributed by atoms with van der Waals surface area (Å²) in [6.07, 6.45) is -0.728. The van der Waals surface area contributed by atoms with Crippen LogP contribution in [-0.2, 0) is 4.74 Å². The molecule has 0 saturated heterocycles. The zero-order valence-corrected chi connectivity index (χ0v) is 11.5. The molecule has 1 atom stereocenters. The Balaban J connectivity index is 2.14. The minimum absolute atomic E-state index is 0.172. The van der Waals surface area contributed by atoms with Crippen molar-refractivity contribution in [2.45, 2.75) is 6.10 Å². The molecule has 20 heavy (non-hydrogen) atoms. The molecule has 1 amide bonds. The Hall–Kier alpha value is -2.05. The van der Waals surface area contributed by atoms with E-state index in [4.69, 9.17) is 14.9 Å². The van der Waals surface area contributed by atoms with Crippen LogP contribution in [0.15, 0.2) is 28.7 Å². The Labute approximate surface area is 116 Å². The third-order valence-electron chi connectivity index (χ3n) is 2.94. The number of nitrogens with two attached hydrogens (primary N) is 1. The Morgan fingerprint density at radius 2 is 2.25 bits per heavy atom. The summed E-state index contributed by atoms with van der Waals surface area (Å²) in [6, 6.07) is 6.83. The molecule has 6 nitrogen and oxygen atoms in total. The van der Waals surface area contributed by atoms with Crippen molar-refractivity contribution < 1.29 is 19.1 Å². The SMILES string of the molecule is COCC(O)CN(C)C(=O)c1cc2cc(N)ccc2o1. The molecule has 1 unspecified atom stereocenters. The number of nitrogen functional groups attached to an aromatic ring is 1. The second-order valence-electron chi connectivity index (χ2n) is 4.70. The standard InChI is InChI=1S/C14H18N2O4/c1-16(7-11(17)8-19-2)14(18)13-6-9-5-10(15)3-4-12(9)20-13/h3-6,11,17H,7-8,15H2,1-2H3. The van der Waals surface area contributed by atoms with Crippen molar-refractivity contribution in [3.8, 4) is 0 Å². The molecular weight excluding hydrogens is 260 g/mol. The normalized spacial score (nSPS) is 12.6. The molecule has 108 valence electrons. The van der Waals surface area contributed by atoms with Gasteiger partial charge in [-0.2, -0.15) is 0 Å². The highest BCUT2D eigenvalue weighted by atomic mass is 16.5. The summed E-state index contributed by atoms with van der Waals surface area (Å²) in [5, 5.41) is 10.4. The van der Waals surface area contributed by atoms with Gasteiger partial charge >= 0.3 is 0 Å². The summed E-state index contributed by atoms with van der Waals surface area (Å²) >= 11 is 0. The van der Waals surface area contributed by atoms with E-state index in [2.05, 4.69) is 0 Å². The first-order valence-corrected chi connectivity index (χ1v) is 6.23. The van der Waals surface area contributed by atoms with Crippen LogP contribution >= 0.6 is 0 Å². The number of hydrogen-bond acceptors (Lipinski definition) is 5. The van der Waals surface area contributed by atoms with E-state index < -0.39 is 6.10 Å². The fraction of sp³-hybridized carbons (Fsp3) is 0.357. The number of hydrogen-bond donors (Lipinski definition) is 2. The van der Waals surface area contributed by atoms with Crippen LogP contribution in [0.3, 0.4) is 0 Å². The van der Waals surface area contributed by atoms with E-state index in [0.29, 0.717) is 11.3 Å².